The molecule has 3 nitrogen and oxygen atoms in total. The Labute approximate surface area is 116 Å². The number of hydrogen-bond acceptors (Lipinski definition) is 2. The molecule has 2 aromatic rings. The number of benzene rings is 1. The Kier molecular flexibility index (Phi) is 4.97. The summed E-state index contributed by atoms with van der Waals surface area (Å²) in [4.78, 5) is 4.82. The number of aromatic nitrogens is 2. The lowest BCUT2D eigenvalue weighted by Crippen LogP contribution is -2.28. The van der Waals surface area contributed by atoms with E-state index in [1.54, 1.807) is 0 Å². The van der Waals surface area contributed by atoms with Crippen LogP contribution in [0.2, 0.25) is 0 Å². The van der Waals surface area contributed by atoms with Crippen LogP contribution in [0.15, 0.2) is 24.3 Å². The van der Waals surface area contributed by atoms with Gasteiger partial charge in [-0.05, 0) is 32.0 Å². The minimum Gasteiger partial charge on any atom is -0.328 e. The molecule has 0 radical (unpaired) electrons. The molecule has 1 heterocycles. The van der Waals surface area contributed by atoms with E-state index in [4.69, 9.17) is 4.98 Å². The van der Waals surface area contributed by atoms with Gasteiger partial charge in [0.1, 0.15) is 5.82 Å². The molecule has 0 fully saturated rings. The third-order valence-electron chi connectivity index (χ3n) is 3.66. The van der Waals surface area contributed by atoms with Gasteiger partial charge in [0.15, 0.2) is 0 Å². The third-order valence-corrected chi connectivity index (χ3v) is 3.66. The van der Waals surface area contributed by atoms with E-state index in [2.05, 4.69) is 48.0 Å². The number of nitrogens with zero attached hydrogens (tertiary/aromatic N) is 2. The van der Waals surface area contributed by atoms with Crippen molar-refractivity contribution < 1.29 is 0 Å². The highest BCUT2D eigenvalue weighted by Gasteiger charge is 2.14. The molecular weight excluding hydrogens is 234 g/mol. The summed E-state index contributed by atoms with van der Waals surface area (Å²) in [5.41, 5.74) is 2.39. The predicted molar refractivity (Wildman–Crippen MR) is 81.5 cm³/mol. The maximum atomic E-state index is 4.82. The molecule has 0 bridgehead atoms. The van der Waals surface area contributed by atoms with E-state index in [0.717, 1.165) is 24.9 Å². The molecule has 2 rings (SSSR count). The molecule has 1 unspecified atom stereocenters. The molecular formula is C16H25N3. The van der Waals surface area contributed by atoms with E-state index in [1.165, 1.54) is 24.2 Å². The van der Waals surface area contributed by atoms with E-state index in [1.807, 2.05) is 7.05 Å². The Hall–Kier alpha value is -1.35. The van der Waals surface area contributed by atoms with Crippen LogP contribution in [-0.2, 0) is 13.0 Å². The van der Waals surface area contributed by atoms with Crippen molar-refractivity contribution >= 4 is 11.0 Å². The molecule has 1 atom stereocenters. The summed E-state index contributed by atoms with van der Waals surface area (Å²) in [6.07, 6.45) is 4.57. The molecule has 0 aliphatic heterocycles. The van der Waals surface area contributed by atoms with Gasteiger partial charge in [0, 0.05) is 19.0 Å². The van der Waals surface area contributed by atoms with Crippen LogP contribution in [0.5, 0.6) is 0 Å². The lowest BCUT2D eigenvalue weighted by atomic mass is 10.1. The molecule has 1 aromatic carbocycles. The maximum Gasteiger partial charge on any atom is 0.111 e. The van der Waals surface area contributed by atoms with Gasteiger partial charge in [-0.25, -0.2) is 4.98 Å². The second kappa shape index (κ2) is 6.71. The summed E-state index contributed by atoms with van der Waals surface area (Å²) in [5, 5.41) is 3.41. The van der Waals surface area contributed by atoms with Gasteiger partial charge in [-0.2, -0.15) is 0 Å². The monoisotopic (exact) mass is 259 g/mol. The number of likely N-dealkylation sites (N-methyl/N-ethyl adjacent to an activating group) is 1. The number of imidazole rings is 1. The van der Waals surface area contributed by atoms with Crippen LogP contribution in [0.25, 0.3) is 11.0 Å². The molecule has 0 saturated heterocycles. The van der Waals surface area contributed by atoms with E-state index in [0.29, 0.717) is 6.04 Å². The zero-order valence-corrected chi connectivity index (χ0v) is 12.3. The average Bonchev–Trinajstić information content (AvgIpc) is 2.77. The Morgan fingerprint density at radius 1 is 1.21 bits per heavy atom. The van der Waals surface area contributed by atoms with E-state index in [9.17, 15) is 0 Å². The number of nitrogens with one attached hydrogen (secondary N) is 1. The van der Waals surface area contributed by atoms with Crippen LogP contribution >= 0.6 is 0 Å². The quantitative estimate of drug-likeness (QED) is 0.826. The third kappa shape index (κ3) is 3.16. The van der Waals surface area contributed by atoms with Crippen molar-refractivity contribution in [2.75, 3.05) is 7.05 Å². The SMILES string of the molecule is CCCC(Cc1nc2ccccc2n1CCC)NC. The summed E-state index contributed by atoms with van der Waals surface area (Å²) in [5.74, 6) is 1.22. The number of rotatable bonds is 7. The molecule has 0 aliphatic carbocycles. The highest BCUT2D eigenvalue weighted by atomic mass is 15.1. The molecule has 0 aliphatic rings. The van der Waals surface area contributed by atoms with Crippen LogP contribution in [0, 0.1) is 0 Å². The molecule has 1 aromatic heterocycles. The van der Waals surface area contributed by atoms with E-state index >= 15 is 0 Å². The highest BCUT2D eigenvalue weighted by molar-refractivity contribution is 5.75. The van der Waals surface area contributed by atoms with E-state index < -0.39 is 0 Å². The van der Waals surface area contributed by atoms with Gasteiger partial charge < -0.3 is 9.88 Å². The minimum absolute atomic E-state index is 0.525. The van der Waals surface area contributed by atoms with Crippen molar-refractivity contribution in [2.45, 2.75) is 52.1 Å². The van der Waals surface area contributed by atoms with Crippen molar-refractivity contribution in [1.82, 2.24) is 14.9 Å². The van der Waals surface area contributed by atoms with Crippen molar-refractivity contribution in [3.05, 3.63) is 30.1 Å². The van der Waals surface area contributed by atoms with Crippen LogP contribution in [0.1, 0.15) is 38.9 Å². The number of aryl methyl sites for hydroxylation is 1. The topological polar surface area (TPSA) is 29.9 Å². The molecule has 0 saturated carbocycles. The summed E-state index contributed by atoms with van der Waals surface area (Å²) in [6.45, 7) is 5.51. The average molecular weight is 259 g/mol. The molecule has 19 heavy (non-hydrogen) atoms. The van der Waals surface area contributed by atoms with Gasteiger partial charge in [-0.15, -0.1) is 0 Å². The Balaban J connectivity index is 2.32. The smallest absolute Gasteiger partial charge is 0.111 e. The van der Waals surface area contributed by atoms with Crippen LogP contribution < -0.4 is 5.32 Å². The van der Waals surface area contributed by atoms with Gasteiger partial charge in [-0.1, -0.05) is 32.4 Å². The number of para-hydroxylation sites is 2. The Bertz CT molecular complexity index is 516. The predicted octanol–water partition coefficient (Wildman–Crippen LogP) is 3.38. The lowest BCUT2D eigenvalue weighted by Gasteiger charge is -2.16. The first kappa shape index (κ1) is 14.1. The number of fused-ring (bicyclic) bond motifs is 1. The van der Waals surface area contributed by atoms with Gasteiger partial charge >= 0.3 is 0 Å². The lowest BCUT2D eigenvalue weighted by molar-refractivity contribution is 0.490. The fourth-order valence-electron chi connectivity index (χ4n) is 2.67. The largest absolute Gasteiger partial charge is 0.328 e. The van der Waals surface area contributed by atoms with Crippen LogP contribution in [0.3, 0.4) is 0 Å². The van der Waals surface area contributed by atoms with Crippen molar-refractivity contribution in [3.8, 4) is 0 Å². The maximum absolute atomic E-state index is 4.82. The first-order valence-corrected chi connectivity index (χ1v) is 7.41. The minimum atomic E-state index is 0.525. The highest BCUT2D eigenvalue weighted by Crippen LogP contribution is 2.18. The summed E-state index contributed by atoms with van der Waals surface area (Å²) in [6, 6.07) is 8.98. The molecule has 0 amide bonds. The van der Waals surface area contributed by atoms with E-state index in [-0.39, 0.29) is 0 Å². The Morgan fingerprint density at radius 2 is 2.00 bits per heavy atom. The van der Waals surface area contributed by atoms with Gasteiger partial charge in [-0.3, -0.25) is 0 Å². The zero-order valence-electron chi connectivity index (χ0n) is 12.3. The van der Waals surface area contributed by atoms with Crippen molar-refractivity contribution in [3.63, 3.8) is 0 Å². The fourth-order valence-corrected chi connectivity index (χ4v) is 2.67. The normalized spacial score (nSPS) is 13.0. The molecule has 1 N–H and O–H groups in total. The van der Waals surface area contributed by atoms with Gasteiger partial charge in [0.2, 0.25) is 0 Å². The summed E-state index contributed by atoms with van der Waals surface area (Å²) in [7, 11) is 2.05. The zero-order chi connectivity index (χ0) is 13.7. The summed E-state index contributed by atoms with van der Waals surface area (Å²) < 4.78 is 2.38. The van der Waals surface area contributed by atoms with Crippen molar-refractivity contribution in [2.24, 2.45) is 0 Å². The molecule has 3 heteroatoms. The van der Waals surface area contributed by atoms with Gasteiger partial charge in [0.25, 0.3) is 0 Å². The number of hydrogen-bond donors (Lipinski definition) is 1. The molecule has 0 spiro atoms. The Morgan fingerprint density at radius 3 is 2.68 bits per heavy atom. The second-order valence-electron chi connectivity index (χ2n) is 5.15. The summed E-state index contributed by atoms with van der Waals surface area (Å²) >= 11 is 0. The molecule has 104 valence electrons. The van der Waals surface area contributed by atoms with Crippen molar-refractivity contribution in [1.29, 1.82) is 0 Å². The first-order valence-electron chi connectivity index (χ1n) is 7.41. The standard InChI is InChI=1S/C16H25N3/c1-4-8-13(17-3)12-16-18-14-9-6-7-10-15(14)19(16)11-5-2/h6-7,9-10,13,17H,4-5,8,11-12H2,1-3H3. The first-order chi connectivity index (χ1) is 9.30. The van der Waals surface area contributed by atoms with Crippen LogP contribution in [0.4, 0.5) is 0 Å². The second-order valence-corrected chi connectivity index (χ2v) is 5.15. The van der Waals surface area contributed by atoms with Gasteiger partial charge in [0.05, 0.1) is 11.0 Å². The fraction of sp³-hybridized carbons (Fsp3) is 0.562. The van der Waals surface area contributed by atoms with Crippen LogP contribution in [-0.4, -0.2) is 22.6 Å².